The lowest BCUT2D eigenvalue weighted by Crippen LogP contribution is -2.24. The highest BCUT2D eigenvalue weighted by Crippen LogP contribution is 2.30. The monoisotopic (exact) mass is 329 g/mol. The molecule has 3 rings (SSSR count). The number of aromatic nitrogens is 2. The molecular weight excluding hydrogens is 320 g/mol. The maximum Gasteiger partial charge on any atom is 0.294 e. The van der Waals surface area contributed by atoms with Crippen LogP contribution < -0.4 is 15.1 Å². The minimum atomic E-state index is -0.905. The Kier molecular flexibility index (Phi) is 3.83. The molecule has 0 saturated heterocycles. The van der Waals surface area contributed by atoms with Gasteiger partial charge in [-0.3, -0.25) is 4.79 Å². The van der Waals surface area contributed by atoms with Gasteiger partial charge in [0, 0.05) is 0 Å². The molecule has 0 unspecified atom stereocenters. The molecular formula is C16H9F2N3O3. The van der Waals surface area contributed by atoms with Gasteiger partial charge in [-0.1, -0.05) is 0 Å². The summed E-state index contributed by atoms with van der Waals surface area (Å²) < 4.78 is 33.7. The van der Waals surface area contributed by atoms with Gasteiger partial charge in [-0.2, -0.15) is 5.26 Å². The second-order valence-corrected chi connectivity index (χ2v) is 4.68. The molecule has 2 aromatic carbocycles. The topological polar surface area (TPSA) is 77.1 Å². The summed E-state index contributed by atoms with van der Waals surface area (Å²) in [5.41, 5.74) is -0.676. The van der Waals surface area contributed by atoms with Crippen LogP contribution >= 0.6 is 0 Å². The smallest absolute Gasteiger partial charge is 0.294 e. The van der Waals surface area contributed by atoms with Gasteiger partial charge < -0.3 is 9.57 Å². The van der Waals surface area contributed by atoms with Crippen molar-refractivity contribution in [2.45, 2.75) is 0 Å². The van der Waals surface area contributed by atoms with Gasteiger partial charge in [0.1, 0.15) is 36.6 Å². The lowest BCUT2D eigenvalue weighted by atomic mass is 10.2. The lowest BCUT2D eigenvalue weighted by molar-refractivity contribution is 0.155. The Balaban J connectivity index is 2.13. The van der Waals surface area contributed by atoms with Gasteiger partial charge in [-0.15, -0.1) is 4.73 Å². The van der Waals surface area contributed by atoms with Crippen molar-refractivity contribution in [2.24, 2.45) is 0 Å². The van der Waals surface area contributed by atoms with Crippen molar-refractivity contribution >= 4 is 10.9 Å². The third kappa shape index (κ3) is 2.52. The number of benzene rings is 2. The maximum absolute atomic E-state index is 13.9. The first-order chi connectivity index (χ1) is 11.5. The van der Waals surface area contributed by atoms with Gasteiger partial charge in [0.05, 0.1) is 10.9 Å². The van der Waals surface area contributed by atoms with Crippen molar-refractivity contribution in [3.05, 3.63) is 64.2 Å². The SMILES string of the molecule is COn1cnc2ccc(Oc3c(F)ccc(F)c3C#N)cc2c1=O. The second kappa shape index (κ2) is 5.96. The summed E-state index contributed by atoms with van der Waals surface area (Å²) in [5.74, 6) is -2.30. The average Bonchev–Trinajstić information content (AvgIpc) is 2.59. The number of nitriles is 1. The Hall–Kier alpha value is -3.47. The number of ether oxygens (including phenoxy) is 1. The summed E-state index contributed by atoms with van der Waals surface area (Å²) in [6.07, 6.45) is 1.21. The van der Waals surface area contributed by atoms with E-state index < -0.39 is 28.5 Å². The van der Waals surface area contributed by atoms with E-state index in [0.29, 0.717) is 5.52 Å². The van der Waals surface area contributed by atoms with Crippen molar-refractivity contribution in [3.8, 4) is 17.6 Å². The molecule has 0 radical (unpaired) electrons. The normalized spacial score (nSPS) is 10.4. The maximum atomic E-state index is 13.9. The minimum Gasteiger partial charge on any atom is -0.453 e. The average molecular weight is 329 g/mol. The Morgan fingerprint density at radius 3 is 2.67 bits per heavy atom. The van der Waals surface area contributed by atoms with Crippen LogP contribution in [0.4, 0.5) is 8.78 Å². The predicted octanol–water partition coefficient (Wildman–Crippen LogP) is 2.40. The highest BCUT2D eigenvalue weighted by molar-refractivity contribution is 5.79. The van der Waals surface area contributed by atoms with Gasteiger partial charge in [-0.25, -0.2) is 13.8 Å². The molecule has 0 aliphatic heterocycles. The van der Waals surface area contributed by atoms with Crippen LogP contribution in [0.25, 0.3) is 10.9 Å². The summed E-state index contributed by atoms with van der Waals surface area (Å²) in [5, 5.41) is 9.13. The summed E-state index contributed by atoms with van der Waals surface area (Å²) >= 11 is 0. The molecule has 8 heteroatoms. The molecule has 0 bridgehead atoms. The molecule has 24 heavy (non-hydrogen) atoms. The molecule has 1 heterocycles. The second-order valence-electron chi connectivity index (χ2n) is 4.68. The van der Waals surface area contributed by atoms with Crippen molar-refractivity contribution in [3.63, 3.8) is 0 Å². The molecule has 0 aliphatic carbocycles. The Morgan fingerprint density at radius 2 is 1.96 bits per heavy atom. The minimum absolute atomic E-state index is 0.0521. The molecule has 0 fully saturated rings. The van der Waals surface area contributed by atoms with Gasteiger partial charge >= 0.3 is 0 Å². The van der Waals surface area contributed by atoms with E-state index in [1.807, 2.05) is 0 Å². The van der Waals surface area contributed by atoms with Crippen molar-refractivity contribution in [1.29, 1.82) is 5.26 Å². The van der Waals surface area contributed by atoms with E-state index in [0.717, 1.165) is 16.9 Å². The number of hydrogen-bond donors (Lipinski definition) is 0. The Morgan fingerprint density at radius 1 is 1.21 bits per heavy atom. The predicted molar refractivity (Wildman–Crippen MR) is 79.7 cm³/mol. The van der Waals surface area contributed by atoms with Crippen molar-refractivity contribution in [1.82, 2.24) is 9.71 Å². The standard InChI is InChI=1S/C16H9F2N3O3/c1-23-21-8-20-14-5-2-9(6-10(14)16(21)22)24-15-11(7-19)12(17)3-4-13(15)18/h2-6,8H,1H3. The number of hydrogen-bond acceptors (Lipinski definition) is 5. The first kappa shape index (κ1) is 15.4. The first-order valence-electron chi connectivity index (χ1n) is 6.67. The molecule has 0 saturated carbocycles. The number of halogens is 2. The van der Waals surface area contributed by atoms with E-state index in [-0.39, 0.29) is 11.1 Å². The van der Waals surface area contributed by atoms with E-state index in [1.165, 1.54) is 31.6 Å². The van der Waals surface area contributed by atoms with Crippen LogP contribution in [0.2, 0.25) is 0 Å². The number of nitrogens with zero attached hydrogens (tertiary/aromatic N) is 3. The largest absolute Gasteiger partial charge is 0.453 e. The van der Waals surface area contributed by atoms with E-state index in [2.05, 4.69) is 4.98 Å². The zero-order valence-corrected chi connectivity index (χ0v) is 12.3. The molecule has 0 N–H and O–H groups in total. The molecule has 1 aromatic heterocycles. The van der Waals surface area contributed by atoms with E-state index in [4.69, 9.17) is 14.8 Å². The summed E-state index contributed by atoms with van der Waals surface area (Å²) in [4.78, 5) is 21.0. The zero-order valence-electron chi connectivity index (χ0n) is 12.3. The quantitative estimate of drug-likeness (QED) is 0.737. The van der Waals surface area contributed by atoms with Gasteiger partial charge in [0.15, 0.2) is 11.6 Å². The van der Waals surface area contributed by atoms with Crippen LogP contribution in [-0.2, 0) is 0 Å². The molecule has 0 amide bonds. The zero-order chi connectivity index (χ0) is 17.3. The highest BCUT2D eigenvalue weighted by atomic mass is 19.1. The van der Waals surface area contributed by atoms with Crippen LogP contribution in [0.15, 0.2) is 41.5 Å². The van der Waals surface area contributed by atoms with E-state index >= 15 is 0 Å². The highest BCUT2D eigenvalue weighted by Gasteiger charge is 2.16. The van der Waals surface area contributed by atoms with Crippen LogP contribution in [0.1, 0.15) is 5.56 Å². The van der Waals surface area contributed by atoms with Crippen LogP contribution in [0.5, 0.6) is 11.5 Å². The fraction of sp³-hybridized carbons (Fsp3) is 0.0625. The van der Waals surface area contributed by atoms with E-state index in [1.54, 1.807) is 6.07 Å². The molecule has 6 nitrogen and oxygen atoms in total. The Bertz CT molecular complexity index is 1040. The Labute approximate surface area is 134 Å². The van der Waals surface area contributed by atoms with Crippen LogP contribution in [0, 0.1) is 23.0 Å². The summed E-state index contributed by atoms with van der Waals surface area (Å²) in [6.45, 7) is 0. The molecule has 0 aliphatic rings. The van der Waals surface area contributed by atoms with Gasteiger partial charge in [0.25, 0.3) is 5.56 Å². The summed E-state index contributed by atoms with van der Waals surface area (Å²) in [6, 6.07) is 7.46. The van der Waals surface area contributed by atoms with E-state index in [9.17, 15) is 13.6 Å². The van der Waals surface area contributed by atoms with Crippen LogP contribution in [-0.4, -0.2) is 16.8 Å². The third-order valence-corrected chi connectivity index (χ3v) is 3.29. The number of rotatable bonds is 3. The number of fused-ring (bicyclic) bond motifs is 1. The molecule has 0 atom stereocenters. The molecule has 120 valence electrons. The van der Waals surface area contributed by atoms with Crippen LogP contribution in [0.3, 0.4) is 0 Å². The van der Waals surface area contributed by atoms with Crippen molar-refractivity contribution < 1.29 is 18.4 Å². The van der Waals surface area contributed by atoms with Gasteiger partial charge in [0.2, 0.25) is 0 Å². The summed E-state index contributed by atoms with van der Waals surface area (Å²) in [7, 11) is 1.30. The molecule has 3 aromatic rings. The fourth-order valence-corrected chi connectivity index (χ4v) is 2.13. The van der Waals surface area contributed by atoms with Gasteiger partial charge in [-0.05, 0) is 30.3 Å². The fourth-order valence-electron chi connectivity index (χ4n) is 2.13. The third-order valence-electron chi connectivity index (χ3n) is 3.29. The first-order valence-corrected chi connectivity index (χ1v) is 6.67. The molecule has 0 spiro atoms. The van der Waals surface area contributed by atoms with Crippen molar-refractivity contribution in [2.75, 3.05) is 7.11 Å². The lowest BCUT2D eigenvalue weighted by Gasteiger charge is -2.10.